The minimum absolute atomic E-state index is 0.0234. The number of thiazole rings is 1. The van der Waals surface area contributed by atoms with E-state index in [0.29, 0.717) is 27.7 Å². The number of carbonyl (C=O) groups excluding carboxylic acids is 2. The summed E-state index contributed by atoms with van der Waals surface area (Å²) in [6, 6.07) is 13.3. The quantitative estimate of drug-likeness (QED) is 0.162. The van der Waals surface area contributed by atoms with Gasteiger partial charge >= 0.3 is 5.91 Å². The maximum Gasteiger partial charge on any atom is 0.301 e. The fourth-order valence-electron chi connectivity index (χ4n) is 5.21. The number of halogens is 2. The Labute approximate surface area is 233 Å². The highest BCUT2D eigenvalue weighted by Gasteiger charge is 2.48. The zero-order valence-electron chi connectivity index (χ0n) is 20.7. The Morgan fingerprint density at radius 1 is 1.08 bits per heavy atom. The average Bonchev–Trinajstić information content (AvgIpc) is 3.53. The summed E-state index contributed by atoms with van der Waals surface area (Å²) in [6.45, 7) is 5.93. The average molecular weight is 565 g/mol. The van der Waals surface area contributed by atoms with Crippen LogP contribution in [-0.2, 0) is 16.0 Å². The third-order valence-corrected chi connectivity index (χ3v) is 8.64. The van der Waals surface area contributed by atoms with Crippen LogP contribution in [0.5, 0.6) is 5.75 Å². The molecule has 192 valence electrons. The van der Waals surface area contributed by atoms with Gasteiger partial charge in [-0.05, 0) is 79.4 Å². The molecular formula is C29H22Cl2N2O4S. The van der Waals surface area contributed by atoms with Gasteiger partial charge in [0.05, 0.1) is 31.9 Å². The molecule has 1 N–H and O–H groups in total. The van der Waals surface area contributed by atoms with Crippen LogP contribution in [0.1, 0.15) is 40.8 Å². The van der Waals surface area contributed by atoms with Gasteiger partial charge in [-0.15, -0.1) is 0 Å². The van der Waals surface area contributed by atoms with Crippen LogP contribution in [0.15, 0.2) is 54.1 Å². The molecule has 1 aromatic heterocycles. The lowest BCUT2D eigenvalue weighted by Gasteiger charge is -2.23. The molecule has 2 atom stereocenters. The zero-order valence-corrected chi connectivity index (χ0v) is 23.0. The molecule has 2 unspecified atom stereocenters. The number of hydrogen-bond donors (Lipinski definition) is 1. The van der Waals surface area contributed by atoms with Crippen molar-refractivity contribution in [2.45, 2.75) is 39.3 Å². The number of benzene rings is 3. The topological polar surface area (TPSA) is 79.7 Å². The number of aliphatic hydroxyl groups is 1. The largest absolute Gasteiger partial charge is 0.507 e. The number of Topliss-reactive ketones (excluding diaryl/α,β-unsaturated/α-hetero) is 1. The number of ether oxygens (including phenoxy) is 1. The third kappa shape index (κ3) is 3.97. The maximum absolute atomic E-state index is 13.6. The summed E-state index contributed by atoms with van der Waals surface area (Å²) >= 11 is 13.9. The van der Waals surface area contributed by atoms with E-state index < -0.39 is 17.7 Å². The molecule has 1 fully saturated rings. The fraction of sp³-hybridized carbons (Fsp3) is 0.207. The van der Waals surface area contributed by atoms with Crippen LogP contribution >= 0.6 is 34.5 Å². The molecular weight excluding hydrogens is 543 g/mol. The summed E-state index contributed by atoms with van der Waals surface area (Å²) in [7, 11) is 0. The highest BCUT2D eigenvalue weighted by molar-refractivity contribution is 7.22. The predicted octanol–water partition coefficient (Wildman–Crippen LogP) is 7.17. The van der Waals surface area contributed by atoms with Gasteiger partial charge in [-0.3, -0.25) is 14.5 Å². The van der Waals surface area contributed by atoms with Crippen LogP contribution < -0.4 is 9.64 Å². The first kappa shape index (κ1) is 24.9. The molecule has 2 aliphatic rings. The van der Waals surface area contributed by atoms with E-state index in [9.17, 15) is 14.7 Å². The van der Waals surface area contributed by atoms with Crippen LogP contribution in [0.25, 0.3) is 16.0 Å². The summed E-state index contributed by atoms with van der Waals surface area (Å²) in [6.07, 6.45) is 0.709. The van der Waals surface area contributed by atoms with Crippen molar-refractivity contribution in [2.24, 2.45) is 0 Å². The Balaban J connectivity index is 1.56. The van der Waals surface area contributed by atoms with E-state index in [-0.39, 0.29) is 22.5 Å². The van der Waals surface area contributed by atoms with Crippen LogP contribution in [0, 0.1) is 13.8 Å². The summed E-state index contributed by atoms with van der Waals surface area (Å²) in [5.41, 5.74) is 4.66. The van der Waals surface area contributed by atoms with Crippen LogP contribution in [-0.4, -0.2) is 27.9 Å². The van der Waals surface area contributed by atoms with E-state index in [1.165, 1.54) is 16.2 Å². The lowest BCUT2D eigenvalue weighted by molar-refractivity contribution is -0.132. The van der Waals surface area contributed by atoms with Gasteiger partial charge in [-0.2, -0.15) is 0 Å². The van der Waals surface area contributed by atoms with Crippen molar-refractivity contribution in [2.75, 3.05) is 4.90 Å². The SMILES string of the molecule is Cc1cc(C)c2nc(N3C(=O)C(=O)/C(=C(/O)c4ccc5c(c4)CC(C)O5)C3c3ccc(Cl)c(Cl)c3)sc2c1. The second-order valence-corrected chi connectivity index (χ2v) is 11.5. The van der Waals surface area contributed by atoms with Crippen LogP contribution in [0.3, 0.4) is 0 Å². The molecule has 6 rings (SSSR count). The first-order valence-corrected chi connectivity index (χ1v) is 13.6. The summed E-state index contributed by atoms with van der Waals surface area (Å²) in [5, 5.41) is 12.5. The van der Waals surface area contributed by atoms with E-state index in [1.807, 2.05) is 32.9 Å². The number of amides is 1. The molecule has 2 aliphatic heterocycles. The van der Waals surface area contributed by atoms with Gasteiger partial charge < -0.3 is 9.84 Å². The summed E-state index contributed by atoms with van der Waals surface area (Å²) < 4.78 is 6.68. The maximum atomic E-state index is 13.6. The molecule has 3 aromatic carbocycles. The molecule has 0 spiro atoms. The molecule has 3 heterocycles. The zero-order chi connectivity index (χ0) is 26.9. The van der Waals surface area contributed by atoms with Crippen molar-refractivity contribution in [1.29, 1.82) is 0 Å². The number of aliphatic hydroxyl groups excluding tert-OH is 1. The Hall–Kier alpha value is -3.39. The number of hydrogen-bond acceptors (Lipinski definition) is 6. The molecule has 38 heavy (non-hydrogen) atoms. The Bertz CT molecular complexity index is 1710. The minimum atomic E-state index is -0.949. The van der Waals surface area contributed by atoms with Gasteiger partial charge in [-0.1, -0.05) is 46.7 Å². The Morgan fingerprint density at radius 3 is 2.63 bits per heavy atom. The van der Waals surface area contributed by atoms with Gasteiger partial charge in [0.1, 0.15) is 17.6 Å². The van der Waals surface area contributed by atoms with E-state index in [2.05, 4.69) is 0 Å². The molecule has 0 bridgehead atoms. The number of ketones is 1. The molecule has 9 heteroatoms. The molecule has 0 saturated carbocycles. The number of nitrogens with zero attached hydrogens (tertiary/aromatic N) is 2. The van der Waals surface area contributed by atoms with Crippen molar-refractivity contribution in [3.05, 3.63) is 92.0 Å². The third-order valence-electron chi connectivity index (χ3n) is 6.90. The molecule has 0 radical (unpaired) electrons. The molecule has 6 nitrogen and oxygen atoms in total. The summed E-state index contributed by atoms with van der Waals surface area (Å²) in [4.78, 5) is 33.2. The second kappa shape index (κ2) is 9.12. The summed E-state index contributed by atoms with van der Waals surface area (Å²) in [5.74, 6) is -1.09. The first-order chi connectivity index (χ1) is 18.1. The highest BCUT2D eigenvalue weighted by Crippen LogP contribution is 2.46. The molecule has 0 aliphatic carbocycles. The molecule has 4 aromatic rings. The van der Waals surface area contributed by atoms with E-state index in [0.717, 1.165) is 32.7 Å². The number of aryl methyl sites for hydroxylation is 2. The van der Waals surface area contributed by atoms with Crippen molar-refractivity contribution in [3.63, 3.8) is 0 Å². The van der Waals surface area contributed by atoms with E-state index in [1.54, 1.807) is 36.4 Å². The minimum Gasteiger partial charge on any atom is -0.507 e. The number of anilines is 1. The lowest BCUT2D eigenvalue weighted by atomic mass is 9.94. The Kier molecular flexibility index (Phi) is 5.98. The van der Waals surface area contributed by atoms with Gasteiger partial charge in [0.25, 0.3) is 5.78 Å². The lowest BCUT2D eigenvalue weighted by Crippen LogP contribution is -2.29. The predicted molar refractivity (Wildman–Crippen MR) is 151 cm³/mol. The van der Waals surface area contributed by atoms with Gasteiger partial charge in [0.2, 0.25) is 0 Å². The van der Waals surface area contributed by atoms with Crippen molar-refractivity contribution in [3.8, 4) is 5.75 Å². The van der Waals surface area contributed by atoms with Gasteiger partial charge in [-0.25, -0.2) is 4.98 Å². The van der Waals surface area contributed by atoms with Crippen LogP contribution in [0.2, 0.25) is 10.0 Å². The standard InChI is InChI=1S/C29H22Cl2N2O4S/c1-13-8-14(2)24-22(9-13)38-29(32-24)33-25(16-4-6-19(30)20(31)12-16)23(27(35)28(33)36)26(34)17-5-7-21-18(11-17)10-15(3)37-21/h4-9,11-12,15,25,34H,10H2,1-3H3/b26-23+. The normalized spacial score (nSPS) is 20.3. The van der Waals surface area contributed by atoms with Crippen molar-refractivity contribution in [1.82, 2.24) is 4.98 Å². The smallest absolute Gasteiger partial charge is 0.301 e. The fourth-order valence-corrected chi connectivity index (χ4v) is 6.69. The van der Waals surface area contributed by atoms with Gasteiger partial charge in [0.15, 0.2) is 5.13 Å². The van der Waals surface area contributed by atoms with Crippen molar-refractivity contribution >= 4 is 67.3 Å². The molecule has 1 amide bonds. The monoisotopic (exact) mass is 564 g/mol. The number of carbonyl (C=O) groups is 2. The number of aromatic nitrogens is 1. The van der Waals surface area contributed by atoms with Crippen LogP contribution in [0.4, 0.5) is 5.13 Å². The molecule has 1 saturated heterocycles. The second-order valence-electron chi connectivity index (χ2n) is 9.72. The Morgan fingerprint density at radius 2 is 1.87 bits per heavy atom. The highest BCUT2D eigenvalue weighted by atomic mass is 35.5. The van der Waals surface area contributed by atoms with Crippen molar-refractivity contribution < 1.29 is 19.4 Å². The van der Waals surface area contributed by atoms with Gasteiger partial charge in [0, 0.05) is 12.0 Å². The number of fused-ring (bicyclic) bond motifs is 2. The first-order valence-electron chi connectivity index (χ1n) is 12.1. The van der Waals surface area contributed by atoms with E-state index in [4.69, 9.17) is 32.9 Å². The number of rotatable bonds is 3. The van der Waals surface area contributed by atoms with E-state index >= 15 is 0 Å².